The molecule has 0 radical (unpaired) electrons. The largest absolute Gasteiger partial charge is 0.479 e. The Bertz CT molecular complexity index is 1060. The number of fused-ring (bicyclic) bond motifs is 1. The zero-order valence-corrected chi connectivity index (χ0v) is 18.8. The van der Waals surface area contributed by atoms with E-state index in [2.05, 4.69) is 15.3 Å². The number of thiazole rings is 1. The van der Waals surface area contributed by atoms with Gasteiger partial charge in [-0.3, -0.25) is 5.32 Å². The van der Waals surface area contributed by atoms with Crippen molar-refractivity contribution in [2.45, 2.75) is 44.4 Å². The molecule has 0 saturated carbocycles. The first-order valence-corrected chi connectivity index (χ1v) is 11.7. The molecule has 0 bridgehead atoms. The molecule has 4 heterocycles. The first-order valence-electron chi connectivity index (χ1n) is 10.9. The summed E-state index contributed by atoms with van der Waals surface area (Å²) in [6, 6.07) is -0.169. The predicted molar refractivity (Wildman–Crippen MR) is 118 cm³/mol. The molecule has 7 nitrogen and oxygen atoms in total. The number of rotatable bonds is 3. The molecule has 2 fully saturated rings. The molecular formula is C22H26F2N4O3S. The maximum absolute atomic E-state index is 13.6. The molecule has 5 rings (SSSR count). The van der Waals surface area contributed by atoms with E-state index in [1.807, 2.05) is 4.90 Å². The monoisotopic (exact) mass is 464 g/mol. The van der Waals surface area contributed by atoms with E-state index in [-0.39, 0.29) is 30.7 Å². The standard InChI is InChI=1S/C22H26F2N4O3S/c1-30-18-16-17(15(12-25-18)14-2-4-22(23,24)5-3-14)32-19(26-16)27-20(29)28-9-6-21(13-28)7-10-31-11-8-21/h2,12H,3-11,13H2,1H3,(H,26,27,29). The van der Waals surface area contributed by atoms with Gasteiger partial charge in [0.05, 0.1) is 11.8 Å². The second kappa shape index (κ2) is 8.22. The number of alkyl halides is 2. The van der Waals surface area contributed by atoms with Gasteiger partial charge in [0.2, 0.25) is 5.88 Å². The first-order chi connectivity index (χ1) is 15.4. The van der Waals surface area contributed by atoms with E-state index in [1.165, 1.54) is 18.4 Å². The normalized spacial score (nSPS) is 22.2. The Kier molecular flexibility index (Phi) is 5.53. The number of nitrogens with one attached hydrogen (secondary N) is 1. The zero-order chi connectivity index (χ0) is 22.3. The van der Waals surface area contributed by atoms with Crippen molar-refractivity contribution in [2.75, 3.05) is 38.7 Å². The molecular weight excluding hydrogens is 438 g/mol. The molecule has 3 aliphatic rings. The number of pyridine rings is 1. The minimum Gasteiger partial charge on any atom is -0.479 e. The molecule has 2 amide bonds. The lowest BCUT2D eigenvalue weighted by molar-refractivity contribution is -0.00602. The van der Waals surface area contributed by atoms with Crippen molar-refractivity contribution in [1.29, 1.82) is 0 Å². The average molecular weight is 465 g/mol. The van der Waals surface area contributed by atoms with Crippen LogP contribution in [0.2, 0.25) is 0 Å². The summed E-state index contributed by atoms with van der Waals surface area (Å²) in [5, 5.41) is 3.38. The Morgan fingerprint density at radius 2 is 2.09 bits per heavy atom. The Morgan fingerprint density at radius 1 is 1.28 bits per heavy atom. The van der Waals surface area contributed by atoms with Crippen molar-refractivity contribution >= 4 is 38.3 Å². The summed E-state index contributed by atoms with van der Waals surface area (Å²) < 4.78 is 38.8. The highest BCUT2D eigenvalue weighted by molar-refractivity contribution is 7.22. The molecule has 10 heteroatoms. The van der Waals surface area contributed by atoms with Gasteiger partial charge in [-0.1, -0.05) is 17.4 Å². The number of ether oxygens (including phenoxy) is 2. The molecule has 172 valence electrons. The number of halogens is 2. The SMILES string of the molecule is COc1ncc(C2=CCC(F)(F)CC2)c2sc(NC(=O)N3CCC4(CCOCC4)C3)nc12. The van der Waals surface area contributed by atoms with Crippen molar-refractivity contribution in [2.24, 2.45) is 5.41 Å². The molecule has 32 heavy (non-hydrogen) atoms. The van der Waals surface area contributed by atoms with E-state index >= 15 is 0 Å². The first kappa shape index (κ1) is 21.5. The highest BCUT2D eigenvalue weighted by atomic mass is 32.1. The van der Waals surface area contributed by atoms with Crippen LogP contribution in [-0.2, 0) is 4.74 Å². The molecule has 1 spiro atoms. The number of carbonyl (C=O) groups excluding carboxylic acids is 1. The van der Waals surface area contributed by atoms with Crippen molar-refractivity contribution in [3.8, 4) is 5.88 Å². The highest BCUT2D eigenvalue weighted by Gasteiger charge is 2.41. The van der Waals surface area contributed by atoms with E-state index in [0.717, 1.165) is 54.9 Å². The van der Waals surface area contributed by atoms with Crippen molar-refractivity contribution < 1.29 is 23.0 Å². The number of hydrogen-bond acceptors (Lipinski definition) is 6. The van der Waals surface area contributed by atoms with Gasteiger partial charge in [-0.15, -0.1) is 0 Å². The Balaban J connectivity index is 1.38. The van der Waals surface area contributed by atoms with Gasteiger partial charge in [-0.05, 0) is 36.7 Å². The summed E-state index contributed by atoms with van der Waals surface area (Å²) in [4.78, 5) is 23.7. The van der Waals surface area contributed by atoms with Gasteiger partial charge in [0, 0.05) is 50.9 Å². The number of nitrogens with zero attached hydrogens (tertiary/aromatic N) is 3. The van der Waals surface area contributed by atoms with Crippen LogP contribution in [-0.4, -0.2) is 60.2 Å². The average Bonchev–Trinajstić information content (AvgIpc) is 3.38. The number of amides is 2. The van der Waals surface area contributed by atoms with Crippen LogP contribution in [0.25, 0.3) is 15.8 Å². The molecule has 2 aromatic heterocycles. The maximum atomic E-state index is 13.6. The molecule has 1 aliphatic carbocycles. The van der Waals surface area contributed by atoms with E-state index in [1.54, 1.807) is 12.3 Å². The number of carbonyl (C=O) groups is 1. The Labute approximate surface area is 188 Å². The predicted octanol–water partition coefficient (Wildman–Crippen LogP) is 4.94. The third-order valence-electron chi connectivity index (χ3n) is 6.82. The van der Waals surface area contributed by atoms with Crippen molar-refractivity contribution in [3.63, 3.8) is 0 Å². The summed E-state index contributed by atoms with van der Waals surface area (Å²) >= 11 is 1.32. The van der Waals surface area contributed by atoms with E-state index < -0.39 is 5.92 Å². The lowest BCUT2D eigenvalue weighted by atomic mass is 9.80. The number of anilines is 1. The van der Waals surface area contributed by atoms with Crippen LogP contribution < -0.4 is 10.1 Å². The third kappa shape index (κ3) is 4.05. The number of urea groups is 1. The lowest BCUT2D eigenvalue weighted by Gasteiger charge is -2.33. The fourth-order valence-corrected chi connectivity index (χ4v) is 5.84. The quantitative estimate of drug-likeness (QED) is 0.697. The van der Waals surface area contributed by atoms with E-state index in [0.29, 0.717) is 23.1 Å². The number of aromatic nitrogens is 2. The smallest absolute Gasteiger partial charge is 0.323 e. The second-order valence-electron chi connectivity index (χ2n) is 8.88. The van der Waals surface area contributed by atoms with Gasteiger partial charge >= 0.3 is 6.03 Å². The summed E-state index contributed by atoms with van der Waals surface area (Å²) in [6.07, 6.45) is 6.00. The molecule has 2 aliphatic heterocycles. The van der Waals surface area contributed by atoms with Crippen LogP contribution in [0.4, 0.5) is 18.7 Å². The van der Waals surface area contributed by atoms with Crippen LogP contribution in [0.5, 0.6) is 5.88 Å². The fraction of sp³-hybridized carbons (Fsp3) is 0.591. The van der Waals surface area contributed by atoms with Crippen LogP contribution in [0, 0.1) is 5.41 Å². The van der Waals surface area contributed by atoms with Gasteiger partial charge < -0.3 is 14.4 Å². The number of allylic oxidation sites excluding steroid dienone is 2. The van der Waals surface area contributed by atoms with Gasteiger partial charge in [0.25, 0.3) is 5.92 Å². The van der Waals surface area contributed by atoms with Crippen molar-refractivity contribution in [1.82, 2.24) is 14.9 Å². The molecule has 2 saturated heterocycles. The van der Waals surface area contributed by atoms with Crippen LogP contribution >= 0.6 is 11.3 Å². The summed E-state index contributed by atoms with van der Waals surface area (Å²) in [7, 11) is 1.51. The highest BCUT2D eigenvalue weighted by Crippen LogP contribution is 2.43. The summed E-state index contributed by atoms with van der Waals surface area (Å²) in [5.41, 5.74) is 2.31. The van der Waals surface area contributed by atoms with Gasteiger partial charge in [0.1, 0.15) is 5.52 Å². The van der Waals surface area contributed by atoms with E-state index in [4.69, 9.17) is 9.47 Å². The Morgan fingerprint density at radius 3 is 2.81 bits per heavy atom. The summed E-state index contributed by atoms with van der Waals surface area (Å²) in [5.74, 6) is -2.31. The maximum Gasteiger partial charge on any atom is 0.323 e. The number of hydrogen-bond donors (Lipinski definition) is 1. The minimum absolute atomic E-state index is 0.166. The lowest BCUT2D eigenvalue weighted by Crippen LogP contribution is -2.37. The van der Waals surface area contributed by atoms with Gasteiger partial charge in [0.15, 0.2) is 5.13 Å². The topological polar surface area (TPSA) is 76.6 Å². The Hall–Kier alpha value is -2.33. The van der Waals surface area contributed by atoms with Gasteiger partial charge in [-0.2, -0.15) is 0 Å². The van der Waals surface area contributed by atoms with Gasteiger partial charge in [-0.25, -0.2) is 23.5 Å². The molecule has 2 aromatic rings. The van der Waals surface area contributed by atoms with E-state index in [9.17, 15) is 13.6 Å². The molecule has 0 unspecified atom stereocenters. The fourth-order valence-electron chi connectivity index (χ4n) is 4.85. The van der Waals surface area contributed by atoms with Crippen molar-refractivity contribution in [3.05, 3.63) is 17.8 Å². The third-order valence-corrected chi connectivity index (χ3v) is 7.83. The molecule has 1 N–H and O–H groups in total. The molecule has 0 atom stereocenters. The van der Waals surface area contributed by atoms with Crippen LogP contribution in [0.15, 0.2) is 12.3 Å². The second-order valence-corrected chi connectivity index (χ2v) is 9.88. The number of likely N-dealkylation sites (tertiary alicyclic amines) is 1. The summed E-state index contributed by atoms with van der Waals surface area (Å²) in [6.45, 7) is 2.95. The van der Waals surface area contributed by atoms with Crippen LogP contribution in [0.1, 0.15) is 44.1 Å². The zero-order valence-electron chi connectivity index (χ0n) is 18.0. The number of methoxy groups -OCH3 is 1. The van der Waals surface area contributed by atoms with Crippen LogP contribution in [0.3, 0.4) is 0 Å². The molecule has 0 aromatic carbocycles. The minimum atomic E-state index is -2.66.